The highest BCUT2D eigenvalue weighted by Crippen LogP contribution is 2.26. The molecule has 0 saturated heterocycles. The Morgan fingerprint density at radius 2 is 2.05 bits per heavy atom. The van der Waals surface area contributed by atoms with Crippen LogP contribution in [0.1, 0.15) is 29.2 Å². The van der Waals surface area contributed by atoms with E-state index in [9.17, 15) is 0 Å². The van der Waals surface area contributed by atoms with Crippen LogP contribution in [0.4, 0.5) is 0 Å². The molecule has 2 aromatic heterocycles. The lowest BCUT2D eigenvalue weighted by Crippen LogP contribution is -2.17. The molecule has 3 heteroatoms. The van der Waals surface area contributed by atoms with Crippen LogP contribution in [0, 0.1) is 6.92 Å². The van der Waals surface area contributed by atoms with Crippen molar-refractivity contribution in [2.45, 2.75) is 26.4 Å². The molecule has 2 heterocycles. The zero-order valence-corrected chi connectivity index (χ0v) is 12.0. The molecule has 3 rings (SSSR count). The van der Waals surface area contributed by atoms with Crippen molar-refractivity contribution in [3.8, 4) is 0 Å². The van der Waals surface area contributed by atoms with Crippen molar-refractivity contribution in [1.82, 2.24) is 5.32 Å². The topological polar surface area (TPSA) is 25.2 Å². The zero-order valence-electron chi connectivity index (χ0n) is 11.1. The third-order valence-electron chi connectivity index (χ3n) is 3.46. The van der Waals surface area contributed by atoms with Crippen LogP contribution in [-0.2, 0) is 6.54 Å². The van der Waals surface area contributed by atoms with Crippen molar-refractivity contribution in [2.75, 3.05) is 0 Å². The van der Waals surface area contributed by atoms with Gasteiger partial charge in [0, 0.05) is 28.4 Å². The summed E-state index contributed by atoms with van der Waals surface area (Å²) in [6.45, 7) is 5.07. The Balaban J connectivity index is 1.80. The Labute approximate surface area is 117 Å². The molecule has 0 fully saturated rings. The van der Waals surface area contributed by atoms with E-state index in [-0.39, 0.29) is 0 Å². The molecule has 3 aromatic rings. The highest BCUT2D eigenvalue weighted by atomic mass is 32.1. The summed E-state index contributed by atoms with van der Waals surface area (Å²) in [6.07, 6.45) is 0. The molecule has 0 aliphatic carbocycles. The largest absolute Gasteiger partial charge is 0.461 e. The van der Waals surface area contributed by atoms with Gasteiger partial charge in [-0.25, -0.2) is 0 Å². The molecule has 1 atom stereocenters. The molecular weight excluding hydrogens is 254 g/mol. The second-order valence-electron chi connectivity index (χ2n) is 4.75. The lowest BCUT2D eigenvalue weighted by Gasteiger charge is -2.11. The number of furan rings is 1. The quantitative estimate of drug-likeness (QED) is 0.747. The van der Waals surface area contributed by atoms with Crippen LogP contribution in [-0.4, -0.2) is 0 Å². The molecule has 0 radical (unpaired) electrons. The van der Waals surface area contributed by atoms with E-state index in [1.165, 1.54) is 15.8 Å². The Morgan fingerprint density at radius 1 is 1.21 bits per heavy atom. The number of benzene rings is 1. The molecule has 0 aliphatic rings. The van der Waals surface area contributed by atoms with Gasteiger partial charge in [-0.15, -0.1) is 11.3 Å². The third kappa shape index (κ3) is 2.44. The van der Waals surface area contributed by atoms with Crippen LogP contribution >= 0.6 is 11.3 Å². The smallest absolute Gasteiger partial charge is 0.134 e. The fraction of sp³-hybridized carbons (Fsp3) is 0.250. The molecule has 2 nitrogen and oxygen atoms in total. The first kappa shape index (κ1) is 12.5. The van der Waals surface area contributed by atoms with Crippen LogP contribution in [0.25, 0.3) is 11.0 Å². The average Bonchev–Trinajstić information content (AvgIpc) is 3.03. The minimum absolute atomic E-state index is 0.369. The zero-order chi connectivity index (χ0) is 13.2. The van der Waals surface area contributed by atoms with Crippen molar-refractivity contribution < 1.29 is 4.42 Å². The number of thiophene rings is 1. The first-order valence-corrected chi connectivity index (χ1v) is 7.37. The molecule has 0 saturated carbocycles. The first-order chi connectivity index (χ1) is 9.25. The van der Waals surface area contributed by atoms with Crippen LogP contribution in [0.2, 0.25) is 0 Å². The fourth-order valence-electron chi connectivity index (χ4n) is 2.33. The monoisotopic (exact) mass is 271 g/mol. The van der Waals surface area contributed by atoms with Gasteiger partial charge in [-0.2, -0.15) is 0 Å². The van der Waals surface area contributed by atoms with E-state index in [2.05, 4.69) is 41.9 Å². The minimum atomic E-state index is 0.369. The van der Waals surface area contributed by atoms with E-state index < -0.39 is 0 Å². The highest BCUT2D eigenvalue weighted by molar-refractivity contribution is 7.10. The molecule has 0 spiro atoms. The van der Waals surface area contributed by atoms with Gasteiger partial charge in [0.1, 0.15) is 11.3 Å². The van der Waals surface area contributed by atoms with Crippen molar-refractivity contribution in [2.24, 2.45) is 0 Å². The van der Waals surface area contributed by atoms with Crippen molar-refractivity contribution >= 4 is 22.3 Å². The summed E-state index contributed by atoms with van der Waals surface area (Å²) in [7, 11) is 0. The SMILES string of the molecule is Cc1oc2ccccc2c1CN[C@@H](C)c1cccs1. The summed E-state index contributed by atoms with van der Waals surface area (Å²) < 4.78 is 5.78. The Morgan fingerprint density at radius 3 is 2.84 bits per heavy atom. The Kier molecular flexibility index (Phi) is 3.40. The van der Waals surface area contributed by atoms with Gasteiger partial charge in [0.15, 0.2) is 0 Å². The number of hydrogen-bond acceptors (Lipinski definition) is 3. The number of nitrogens with one attached hydrogen (secondary N) is 1. The molecule has 0 amide bonds. The average molecular weight is 271 g/mol. The summed E-state index contributed by atoms with van der Waals surface area (Å²) >= 11 is 1.79. The van der Waals surface area contributed by atoms with E-state index in [1.54, 1.807) is 11.3 Å². The van der Waals surface area contributed by atoms with Crippen molar-refractivity contribution in [1.29, 1.82) is 0 Å². The van der Waals surface area contributed by atoms with Crippen LogP contribution in [0.15, 0.2) is 46.2 Å². The summed E-state index contributed by atoms with van der Waals surface area (Å²) in [5.74, 6) is 1.01. The predicted molar refractivity (Wildman–Crippen MR) is 80.5 cm³/mol. The predicted octanol–water partition coefficient (Wildman–Crippen LogP) is 4.65. The van der Waals surface area contributed by atoms with Gasteiger partial charge >= 0.3 is 0 Å². The van der Waals surface area contributed by atoms with E-state index in [4.69, 9.17) is 4.42 Å². The Bertz CT molecular complexity index is 669. The molecule has 19 heavy (non-hydrogen) atoms. The molecule has 1 N–H and O–H groups in total. The normalized spacial score (nSPS) is 12.9. The van der Waals surface area contributed by atoms with Crippen LogP contribution < -0.4 is 5.32 Å². The van der Waals surface area contributed by atoms with Crippen LogP contribution in [0.5, 0.6) is 0 Å². The second kappa shape index (κ2) is 5.19. The summed E-state index contributed by atoms with van der Waals surface area (Å²) in [4.78, 5) is 1.37. The fourth-order valence-corrected chi connectivity index (χ4v) is 3.09. The van der Waals surface area contributed by atoms with E-state index >= 15 is 0 Å². The maximum Gasteiger partial charge on any atom is 0.134 e. The number of aryl methyl sites for hydroxylation is 1. The molecule has 0 bridgehead atoms. The van der Waals surface area contributed by atoms with Gasteiger partial charge < -0.3 is 9.73 Å². The van der Waals surface area contributed by atoms with Gasteiger partial charge in [0.2, 0.25) is 0 Å². The van der Waals surface area contributed by atoms with E-state index in [1.807, 2.05) is 19.1 Å². The Hall–Kier alpha value is -1.58. The van der Waals surface area contributed by atoms with Gasteiger partial charge in [0.05, 0.1) is 0 Å². The summed E-state index contributed by atoms with van der Waals surface area (Å²) in [5.41, 5.74) is 2.24. The lowest BCUT2D eigenvalue weighted by atomic mass is 10.1. The summed E-state index contributed by atoms with van der Waals surface area (Å²) in [6, 6.07) is 12.8. The molecule has 0 unspecified atom stereocenters. The second-order valence-corrected chi connectivity index (χ2v) is 5.73. The number of hydrogen-bond donors (Lipinski definition) is 1. The molecule has 98 valence electrons. The van der Waals surface area contributed by atoms with E-state index in [0.717, 1.165) is 17.9 Å². The van der Waals surface area contributed by atoms with Crippen molar-refractivity contribution in [3.63, 3.8) is 0 Å². The maximum atomic E-state index is 5.78. The maximum absolute atomic E-state index is 5.78. The van der Waals surface area contributed by atoms with Crippen LogP contribution in [0.3, 0.4) is 0 Å². The lowest BCUT2D eigenvalue weighted by molar-refractivity contribution is 0.547. The van der Waals surface area contributed by atoms with Gasteiger partial charge in [-0.05, 0) is 31.4 Å². The summed E-state index contributed by atoms with van der Waals surface area (Å²) in [5, 5.41) is 6.90. The standard InChI is InChI=1S/C16H17NOS/c1-11(16-8-5-9-19-16)17-10-14-12(2)18-15-7-4-3-6-13(14)15/h3-9,11,17H,10H2,1-2H3/t11-/m0/s1. The number of para-hydroxylation sites is 1. The van der Waals surface area contributed by atoms with Gasteiger partial charge in [-0.3, -0.25) is 0 Å². The molecular formula is C16H17NOS. The minimum Gasteiger partial charge on any atom is -0.461 e. The number of rotatable bonds is 4. The first-order valence-electron chi connectivity index (χ1n) is 6.49. The molecule has 0 aliphatic heterocycles. The molecule has 1 aromatic carbocycles. The number of fused-ring (bicyclic) bond motifs is 1. The van der Waals surface area contributed by atoms with Gasteiger partial charge in [-0.1, -0.05) is 24.3 Å². The highest BCUT2D eigenvalue weighted by Gasteiger charge is 2.12. The van der Waals surface area contributed by atoms with Gasteiger partial charge in [0.25, 0.3) is 0 Å². The van der Waals surface area contributed by atoms with E-state index in [0.29, 0.717) is 6.04 Å². The third-order valence-corrected chi connectivity index (χ3v) is 4.51. The van der Waals surface area contributed by atoms with Crippen molar-refractivity contribution in [3.05, 3.63) is 58.0 Å².